The van der Waals surface area contributed by atoms with Crippen molar-refractivity contribution in [3.05, 3.63) is 99.9 Å². The Morgan fingerprint density at radius 3 is 2.45 bits per heavy atom. The van der Waals surface area contributed by atoms with Crippen molar-refractivity contribution in [2.45, 2.75) is 46.0 Å². The van der Waals surface area contributed by atoms with Crippen LogP contribution in [-0.4, -0.2) is 21.0 Å². The van der Waals surface area contributed by atoms with Gasteiger partial charge in [0.25, 0.3) is 0 Å². The zero-order chi connectivity index (χ0) is 21.8. The van der Waals surface area contributed by atoms with Gasteiger partial charge in [0, 0.05) is 12.8 Å². The topological polar surface area (TPSA) is 66.0 Å². The number of aryl methyl sites for hydroxylation is 3. The van der Waals surface area contributed by atoms with Crippen LogP contribution in [0.5, 0.6) is 0 Å². The minimum atomic E-state index is -0.890. The van der Waals surface area contributed by atoms with Crippen LogP contribution in [0.15, 0.2) is 60.7 Å². The zero-order valence-corrected chi connectivity index (χ0v) is 18.1. The second-order valence-corrected chi connectivity index (χ2v) is 8.21. The van der Waals surface area contributed by atoms with Crippen LogP contribution in [0.3, 0.4) is 0 Å². The zero-order valence-electron chi connectivity index (χ0n) is 18.1. The highest BCUT2D eigenvalue weighted by Crippen LogP contribution is 2.27. The van der Waals surface area contributed by atoms with Gasteiger partial charge in [-0.05, 0) is 73.1 Å². The number of carbonyl (C=O) groups is 1. The molecule has 0 fully saturated rings. The van der Waals surface area contributed by atoms with Crippen molar-refractivity contribution < 1.29 is 9.90 Å². The molecule has 0 saturated carbocycles. The number of hydrogen-bond donors (Lipinski definition) is 2. The summed E-state index contributed by atoms with van der Waals surface area (Å²) in [7, 11) is 0. The average Bonchev–Trinajstić information content (AvgIpc) is 3.17. The molecule has 0 saturated heterocycles. The van der Waals surface area contributed by atoms with Gasteiger partial charge in [0.05, 0.1) is 16.6 Å². The van der Waals surface area contributed by atoms with Crippen LogP contribution >= 0.6 is 0 Å². The van der Waals surface area contributed by atoms with Crippen molar-refractivity contribution in [3.8, 4) is 0 Å². The molecule has 4 heteroatoms. The number of nitrogens with one attached hydrogen (secondary N) is 1. The SMILES string of the molecule is Cc1cc2[nH]c(CCCCc3ccccc3)nc2c(Cc2ccccc2C(=O)O)c1C. The van der Waals surface area contributed by atoms with Gasteiger partial charge in [0.15, 0.2) is 0 Å². The number of rotatable bonds is 8. The van der Waals surface area contributed by atoms with E-state index < -0.39 is 5.97 Å². The number of hydrogen-bond acceptors (Lipinski definition) is 2. The lowest BCUT2D eigenvalue weighted by Crippen LogP contribution is -2.04. The molecule has 0 amide bonds. The Labute approximate surface area is 183 Å². The fourth-order valence-electron chi connectivity index (χ4n) is 4.19. The molecule has 0 radical (unpaired) electrons. The lowest BCUT2D eigenvalue weighted by Gasteiger charge is -2.12. The predicted octanol–water partition coefficient (Wildman–Crippen LogP) is 6.03. The molecule has 31 heavy (non-hydrogen) atoms. The van der Waals surface area contributed by atoms with Crippen LogP contribution in [0.1, 0.15) is 56.8 Å². The molecule has 3 aromatic carbocycles. The van der Waals surface area contributed by atoms with E-state index in [9.17, 15) is 9.90 Å². The number of aromatic nitrogens is 2. The van der Waals surface area contributed by atoms with Gasteiger partial charge < -0.3 is 10.1 Å². The van der Waals surface area contributed by atoms with Gasteiger partial charge in [-0.25, -0.2) is 9.78 Å². The van der Waals surface area contributed by atoms with E-state index in [1.807, 2.05) is 18.2 Å². The Bertz CT molecular complexity index is 1210. The Morgan fingerprint density at radius 2 is 1.68 bits per heavy atom. The second kappa shape index (κ2) is 9.17. The molecule has 1 heterocycles. The van der Waals surface area contributed by atoms with Crippen LogP contribution < -0.4 is 0 Å². The number of fused-ring (bicyclic) bond motifs is 1. The summed E-state index contributed by atoms with van der Waals surface area (Å²) in [6.45, 7) is 4.20. The van der Waals surface area contributed by atoms with Crippen LogP contribution in [-0.2, 0) is 19.3 Å². The van der Waals surface area contributed by atoms with Gasteiger partial charge >= 0.3 is 5.97 Å². The number of imidazole rings is 1. The molecule has 0 bridgehead atoms. The maximum atomic E-state index is 11.7. The monoisotopic (exact) mass is 412 g/mol. The smallest absolute Gasteiger partial charge is 0.335 e. The van der Waals surface area contributed by atoms with Crippen molar-refractivity contribution in [1.29, 1.82) is 0 Å². The maximum Gasteiger partial charge on any atom is 0.335 e. The van der Waals surface area contributed by atoms with Gasteiger partial charge in [-0.3, -0.25) is 0 Å². The summed E-state index contributed by atoms with van der Waals surface area (Å²) in [5, 5.41) is 9.57. The van der Waals surface area contributed by atoms with E-state index in [1.54, 1.807) is 12.1 Å². The molecule has 0 unspecified atom stereocenters. The molecule has 4 nitrogen and oxygen atoms in total. The summed E-state index contributed by atoms with van der Waals surface area (Å²) in [5.41, 5.74) is 8.01. The summed E-state index contributed by atoms with van der Waals surface area (Å²) >= 11 is 0. The highest BCUT2D eigenvalue weighted by Gasteiger charge is 2.16. The molecule has 0 aliphatic heterocycles. The van der Waals surface area contributed by atoms with E-state index >= 15 is 0 Å². The van der Waals surface area contributed by atoms with Gasteiger partial charge in [-0.2, -0.15) is 0 Å². The summed E-state index contributed by atoms with van der Waals surface area (Å²) in [4.78, 5) is 20.1. The van der Waals surface area contributed by atoms with Gasteiger partial charge in [0.2, 0.25) is 0 Å². The van der Waals surface area contributed by atoms with E-state index in [4.69, 9.17) is 4.98 Å². The lowest BCUT2D eigenvalue weighted by molar-refractivity contribution is 0.0696. The quantitative estimate of drug-likeness (QED) is 0.347. The number of unbranched alkanes of at least 4 members (excludes halogenated alkanes) is 1. The van der Waals surface area contributed by atoms with E-state index in [2.05, 4.69) is 49.2 Å². The highest BCUT2D eigenvalue weighted by molar-refractivity contribution is 5.90. The molecule has 4 rings (SSSR count). The first-order chi connectivity index (χ1) is 15.0. The Kier molecular flexibility index (Phi) is 6.17. The normalized spacial score (nSPS) is 11.2. The summed E-state index contributed by atoms with van der Waals surface area (Å²) < 4.78 is 0. The van der Waals surface area contributed by atoms with E-state index in [0.717, 1.165) is 53.7 Å². The summed E-state index contributed by atoms with van der Waals surface area (Å²) in [6, 6.07) is 20.0. The van der Waals surface area contributed by atoms with Gasteiger partial charge in [0.1, 0.15) is 5.82 Å². The summed E-state index contributed by atoms with van der Waals surface area (Å²) in [6.07, 6.45) is 4.74. The number of carboxylic acids is 1. The van der Waals surface area contributed by atoms with E-state index in [0.29, 0.717) is 12.0 Å². The molecular formula is C27H28N2O2. The number of carboxylic acid groups (broad SMARTS) is 1. The average molecular weight is 413 g/mol. The molecule has 2 N–H and O–H groups in total. The molecule has 0 spiro atoms. The Balaban J connectivity index is 1.56. The van der Waals surface area contributed by atoms with Crippen LogP contribution in [0.2, 0.25) is 0 Å². The van der Waals surface area contributed by atoms with Crippen molar-refractivity contribution in [3.63, 3.8) is 0 Å². The van der Waals surface area contributed by atoms with Crippen molar-refractivity contribution in [2.75, 3.05) is 0 Å². The van der Waals surface area contributed by atoms with Crippen LogP contribution in [0.25, 0.3) is 11.0 Å². The van der Waals surface area contributed by atoms with Gasteiger partial charge in [-0.15, -0.1) is 0 Å². The fourth-order valence-corrected chi connectivity index (χ4v) is 4.19. The number of aromatic carboxylic acids is 1. The second-order valence-electron chi connectivity index (χ2n) is 8.21. The van der Waals surface area contributed by atoms with Crippen LogP contribution in [0.4, 0.5) is 0 Å². The number of H-pyrrole nitrogens is 1. The third-order valence-corrected chi connectivity index (χ3v) is 6.06. The molecule has 0 aliphatic rings. The third kappa shape index (κ3) is 4.69. The molecule has 0 atom stereocenters. The first-order valence-corrected chi connectivity index (χ1v) is 10.9. The van der Waals surface area contributed by atoms with Crippen molar-refractivity contribution >= 4 is 17.0 Å². The first-order valence-electron chi connectivity index (χ1n) is 10.9. The third-order valence-electron chi connectivity index (χ3n) is 6.06. The Hall–Kier alpha value is -3.40. The largest absolute Gasteiger partial charge is 0.478 e. The standard InChI is InChI=1S/C27H28N2O2/c1-18-16-24-26(23(19(18)2)17-21-13-7-8-14-22(21)27(30)31)29-25(28-24)15-9-6-12-20-10-4-3-5-11-20/h3-5,7-8,10-11,13-14,16H,6,9,12,15,17H2,1-2H3,(H,28,29)(H,30,31). The van der Waals surface area contributed by atoms with Gasteiger partial charge in [-0.1, -0.05) is 48.5 Å². The summed E-state index contributed by atoms with van der Waals surface area (Å²) in [5.74, 6) is 0.110. The van der Waals surface area contributed by atoms with E-state index in [1.165, 1.54) is 16.7 Å². The minimum absolute atomic E-state index is 0.355. The van der Waals surface area contributed by atoms with Crippen molar-refractivity contribution in [2.24, 2.45) is 0 Å². The molecule has 4 aromatic rings. The molecule has 1 aromatic heterocycles. The fraction of sp³-hybridized carbons (Fsp3) is 0.259. The Morgan fingerprint density at radius 1 is 0.968 bits per heavy atom. The lowest BCUT2D eigenvalue weighted by atomic mass is 9.93. The molecule has 0 aliphatic carbocycles. The van der Waals surface area contributed by atoms with E-state index in [-0.39, 0.29) is 0 Å². The minimum Gasteiger partial charge on any atom is -0.478 e. The highest BCUT2D eigenvalue weighted by atomic mass is 16.4. The predicted molar refractivity (Wildman–Crippen MR) is 125 cm³/mol. The molecule has 158 valence electrons. The first kappa shape index (κ1) is 20.9. The molecular weight excluding hydrogens is 384 g/mol. The maximum absolute atomic E-state index is 11.7. The number of nitrogens with zero attached hydrogens (tertiary/aromatic N) is 1. The van der Waals surface area contributed by atoms with Crippen LogP contribution in [0, 0.1) is 13.8 Å². The van der Waals surface area contributed by atoms with Crippen molar-refractivity contribution in [1.82, 2.24) is 9.97 Å². The number of benzene rings is 3. The number of aromatic amines is 1.